The Bertz CT molecular complexity index is 302. The zero-order valence-corrected chi connectivity index (χ0v) is 11.0. The number of thioether (sulfide) groups is 1. The summed E-state index contributed by atoms with van der Waals surface area (Å²) < 4.78 is 5.32. The largest absolute Gasteiger partial charge is 0.381 e. The molecule has 0 radical (unpaired) electrons. The van der Waals surface area contributed by atoms with E-state index in [0.717, 1.165) is 38.5 Å². The molecule has 0 aromatic carbocycles. The molecule has 4 nitrogen and oxygen atoms in total. The first-order valence-corrected chi connectivity index (χ1v) is 7.12. The van der Waals surface area contributed by atoms with E-state index in [1.165, 1.54) is 11.8 Å². The average molecular weight is 257 g/mol. The summed E-state index contributed by atoms with van der Waals surface area (Å²) in [5.74, 6) is 1.88. The van der Waals surface area contributed by atoms with Gasteiger partial charge in [0.1, 0.15) is 0 Å². The summed E-state index contributed by atoms with van der Waals surface area (Å²) in [5, 5.41) is 0.139. The van der Waals surface area contributed by atoms with Crippen molar-refractivity contribution in [1.82, 2.24) is 4.90 Å². The Morgan fingerprint density at radius 1 is 1.53 bits per heavy atom. The highest BCUT2D eigenvalue weighted by Gasteiger charge is 2.31. The molecule has 2 fully saturated rings. The standard InChI is InChI=1S/C12H19NO3S/c1-9(14)17-8-11-4-12(15)13(6-11)5-10-2-3-16-7-10/h10-11H,2-8H2,1H3. The molecule has 1 amide bonds. The van der Waals surface area contributed by atoms with Gasteiger partial charge in [-0.1, -0.05) is 11.8 Å². The van der Waals surface area contributed by atoms with Crippen molar-refractivity contribution in [2.75, 3.05) is 32.1 Å². The zero-order chi connectivity index (χ0) is 12.3. The molecule has 5 heteroatoms. The Morgan fingerprint density at radius 2 is 2.35 bits per heavy atom. The van der Waals surface area contributed by atoms with E-state index in [1.807, 2.05) is 4.90 Å². The van der Waals surface area contributed by atoms with Gasteiger partial charge in [0.15, 0.2) is 5.12 Å². The minimum Gasteiger partial charge on any atom is -0.381 e. The average Bonchev–Trinajstić information content (AvgIpc) is 2.87. The van der Waals surface area contributed by atoms with Crippen LogP contribution in [0.2, 0.25) is 0 Å². The molecule has 0 aromatic heterocycles. The Morgan fingerprint density at radius 3 is 3.00 bits per heavy atom. The van der Waals surface area contributed by atoms with Crippen molar-refractivity contribution in [3.63, 3.8) is 0 Å². The molecule has 0 N–H and O–H groups in total. The van der Waals surface area contributed by atoms with E-state index in [9.17, 15) is 9.59 Å². The van der Waals surface area contributed by atoms with E-state index >= 15 is 0 Å². The van der Waals surface area contributed by atoms with Gasteiger partial charge in [-0.3, -0.25) is 9.59 Å². The molecule has 2 rings (SSSR count). The molecule has 2 aliphatic rings. The van der Waals surface area contributed by atoms with Crippen molar-refractivity contribution in [3.05, 3.63) is 0 Å². The maximum absolute atomic E-state index is 11.8. The molecule has 2 aliphatic heterocycles. The van der Waals surface area contributed by atoms with Crippen molar-refractivity contribution in [2.45, 2.75) is 19.8 Å². The first-order chi connectivity index (χ1) is 8.15. The van der Waals surface area contributed by atoms with Gasteiger partial charge in [0.25, 0.3) is 0 Å². The van der Waals surface area contributed by atoms with Gasteiger partial charge in [-0.15, -0.1) is 0 Å². The lowest BCUT2D eigenvalue weighted by Gasteiger charge is -2.19. The number of ether oxygens (including phenoxy) is 1. The van der Waals surface area contributed by atoms with E-state index in [0.29, 0.717) is 18.3 Å². The van der Waals surface area contributed by atoms with Crippen LogP contribution in [0.1, 0.15) is 19.8 Å². The van der Waals surface area contributed by atoms with Gasteiger partial charge in [0.05, 0.1) is 6.61 Å². The van der Waals surface area contributed by atoms with Gasteiger partial charge in [0, 0.05) is 44.7 Å². The third-order valence-electron chi connectivity index (χ3n) is 3.32. The van der Waals surface area contributed by atoms with Crippen LogP contribution < -0.4 is 0 Å². The number of carbonyl (C=O) groups excluding carboxylic acids is 2. The monoisotopic (exact) mass is 257 g/mol. The Kier molecular flexibility index (Phi) is 4.45. The van der Waals surface area contributed by atoms with Crippen LogP contribution in [0.25, 0.3) is 0 Å². The normalized spacial score (nSPS) is 29.0. The van der Waals surface area contributed by atoms with E-state index in [2.05, 4.69) is 0 Å². The lowest BCUT2D eigenvalue weighted by molar-refractivity contribution is -0.128. The fraction of sp³-hybridized carbons (Fsp3) is 0.833. The van der Waals surface area contributed by atoms with Crippen LogP contribution in [0.5, 0.6) is 0 Å². The number of hydrogen-bond donors (Lipinski definition) is 0. The van der Waals surface area contributed by atoms with Crippen LogP contribution in [-0.2, 0) is 14.3 Å². The maximum atomic E-state index is 11.8. The van der Waals surface area contributed by atoms with Crippen LogP contribution in [-0.4, -0.2) is 48.0 Å². The summed E-state index contributed by atoms with van der Waals surface area (Å²) in [6.07, 6.45) is 1.67. The Hall–Kier alpha value is -0.550. The van der Waals surface area contributed by atoms with E-state index in [-0.39, 0.29) is 11.0 Å². The highest BCUT2D eigenvalue weighted by atomic mass is 32.2. The second-order valence-electron chi connectivity index (χ2n) is 4.90. The minimum atomic E-state index is 0.139. The van der Waals surface area contributed by atoms with Gasteiger partial charge >= 0.3 is 0 Å². The van der Waals surface area contributed by atoms with Crippen LogP contribution in [0, 0.1) is 11.8 Å². The summed E-state index contributed by atoms with van der Waals surface area (Å²) in [6.45, 7) is 4.84. The molecule has 0 bridgehead atoms. The summed E-state index contributed by atoms with van der Waals surface area (Å²) >= 11 is 1.33. The Balaban J connectivity index is 1.76. The molecule has 0 aromatic rings. The molecule has 0 spiro atoms. The molecule has 2 saturated heterocycles. The summed E-state index contributed by atoms with van der Waals surface area (Å²) in [6, 6.07) is 0. The molecular formula is C12H19NO3S. The zero-order valence-electron chi connectivity index (χ0n) is 10.2. The molecular weight excluding hydrogens is 238 g/mol. The number of hydrogen-bond acceptors (Lipinski definition) is 4. The van der Waals surface area contributed by atoms with Gasteiger partial charge in [0.2, 0.25) is 5.91 Å². The van der Waals surface area contributed by atoms with Gasteiger partial charge < -0.3 is 9.64 Å². The second-order valence-corrected chi connectivity index (χ2v) is 6.10. The number of amides is 1. The van der Waals surface area contributed by atoms with Crippen LogP contribution in [0.4, 0.5) is 0 Å². The predicted molar refractivity (Wildman–Crippen MR) is 66.8 cm³/mol. The molecule has 2 atom stereocenters. The summed E-state index contributed by atoms with van der Waals surface area (Å²) in [7, 11) is 0. The minimum absolute atomic E-state index is 0.139. The SMILES string of the molecule is CC(=O)SCC1CC(=O)N(CC2CCOC2)C1. The number of likely N-dealkylation sites (tertiary alicyclic amines) is 1. The van der Waals surface area contributed by atoms with Crippen molar-refractivity contribution < 1.29 is 14.3 Å². The van der Waals surface area contributed by atoms with Crippen LogP contribution >= 0.6 is 11.8 Å². The Labute approximate surface area is 106 Å². The van der Waals surface area contributed by atoms with E-state index in [4.69, 9.17) is 4.74 Å². The van der Waals surface area contributed by atoms with Crippen molar-refractivity contribution in [2.24, 2.45) is 11.8 Å². The first-order valence-electron chi connectivity index (χ1n) is 6.14. The maximum Gasteiger partial charge on any atom is 0.222 e. The first kappa shape index (κ1) is 12.9. The molecule has 17 heavy (non-hydrogen) atoms. The highest BCUT2D eigenvalue weighted by molar-refractivity contribution is 8.13. The molecule has 2 heterocycles. The second kappa shape index (κ2) is 5.87. The predicted octanol–water partition coefficient (Wildman–Crippen LogP) is 1.15. The van der Waals surface area contributed by atoms with Crippen molar-refractivity contribution in [1.29, 1.82) is 0 Å². The molecule has 2 unspecified atom stereocenters. The molecule has 96 valence electrons. The quantitative estimate of drug-likeness (QED) is 0.758. The summed E-state index contributed by atoms with van der Waals surface area (Å²) in [4.78, 5) is 24.6. The van der Waals surface area contributed by atoms with Crippen LogP contribution in [0.15, 0.2) is 0 Å². The van der Waals surface area contributed by atoms with Gasteiger partial charge in [-0.05, 0) is 12.3 Å². The van der Waals surface area contributed by atoms with Crippen LogP contribution in [0.3, 0.4) is 0 Å². The summed E-state index contributed by atoms with van der Waals surface area (Å²) in [5.41, 5.74) is 0. The number of carbonyl (C=O) groups is 2. The fourth-order valence-electron chi connectivity index (χ4n) is 2.42. The third kappa shape index (κ3) is 3.71. The van der Waals surface area contributed by atoms with Gasteiger partial charge in [-0.25, -0.2) is 0 Å². The lowest BCUT2D eigenvalue weighted by atomic mass is 10.1. The number of rotatable bonds is 4. The fourth-order valence-corrected chi connectivity index (χ4v) is 3.11. The molecule has 0 aliphatic carbocycles. The molecule has 0 saturated carbocycles. The van der Waals surface area contributed by atoms with Crippen molar-refractivity contribution >= 4 is 22.8 Å². The van der Waals surface area contributed by atoms with Crippen molar-refractivity contribution in [3.8, 4) is 0 Å². The smallest absolute Gasteiger partial charge is 0.222 e. The van der Waals surface area contributed by atoms with E-state index < -0.39 is 0 Å². The lowest BCUT2D eigenvalue weighted by Crippen LogP contribution is -2.31. The number of nitrogens with zero attached hydrogens (tertiary/aromatic N) is 1. The topological polar surface area (TPSA) is 46.6 Å². The third-order valence-corrected chi connectivity index (χ3v) is 4.36. The highest BCUT2D eigenvalue weighted by Crippen LogP contribution is 2.24. The van der Waals surface area contributed by atoms with Gasteiger partial charge in [-0.2, -0.15) is 0 Å². The van der Waals surface area contributed by atoms with E-state index in [1.54, 1.807) is 6.92 Å².